The highest BCUT2D eigenvalue weighted by molar-refractivity contribution is 5.70. The van der Waals surface area contributed by atoms with Gasteiger partial charge in [0.1, 0.15) is 18.3 Å². The maximum Gasteiger partial charge on any atom is 0.309 e. The normalized spacial score (nSPS) is 33.7. The van der Waals surface area contributed by atoms with Crippen molar-refractivity contribution in [2.45, 2.75) is 58.5 Å². The second kappa shape index (κ2) is 7.50. The van der Waals surface area contributed by atoms with E-state index in [2.05, 4.69) is 0 Å². The van der Waals surface area contributed by atoms with Crippen LogP contribution in [0.2, 0.25) is 0 Å². The van der Waals surface area contributed by atoms with Crippen LogP contribution >= 0.6 is 0 Å². The van der Waals surface area contributed by atoms with Gasteiger partial charge in [0.05, 0.1) is 18.8 Å². The Bertz CT molecular complexity index is 648. The fraction of sp³-hybridized carbons (Fsp3) is 0.737. The summed E-state index contributed by atoms with van der Waals surface area (Å²) in [6, 6.07) is 0. The van der Waals surface area contributed by atoms with Crippen molar-refractivity contribution >= 4 is 17.9 Å². The van der Waals surface area contributed by atoms with Crippen LogP contribution in [0.4, 0.5) is 0 Å². The summed E-state index contributed by atoms with van der Waals surface area (Å²) in [7, 11) is 0. The number of carbonyl (C=O) groups is 3. The molecule has 2 aliphatic heterocycles. The monoisotopic (exact) mass is 382 g/mol. The van der Waals surface area contributed by atoms with Gasteiger partial charge in [0, 0.05) is 31.8 Å². The molecule has 8 heteroatoms. The number of hydrogen-bond donors (Lipinski definition) is 0. The predicted octanol–water partition coefficient (Wildman–Crippen LogP) is 1.72. The zero-order chi connectivity index (χ0) is 19.8. The molecule has 0 aromatic carbocycles. The number of fused-ring (bicyclic) bond motifs is 2. The van der Waals surface area contributed by atoms with E-state index in [0.29, 0.717) is 13.0 Å². The molecule has 0 N–H and O–H groups in total. The third-order valence-electron chi connectivity index (χ3n) is 5.18. The lowest BCUT2D eigenvalue weighted by molar-refractivity contribution is -0.192. The van der Waals surface area contributed by atoms with Crippen LogP contribution in [0.5, 0.6) is 0 Å². The molecular formula is C19H26O8. The molecule has 0 aromatic heterocycles. The number of rotatable bonds is 6. The maximum absolute atomic E-state index is 12.2. The standard InChI is InChI=1S/C19H26O8/c1-10(2)5-16(22)27-18-17-14(13(8-24-18)7-23-11(3)20)6-15(26-12(4)21)19(17)9-25-19/h8,10,14-15,17-18H,5-7,9H2,1-4H3/t14-,15+,17-,18+,19-/m1/s1. The van der Waals surface area contributed by atoms with Gasteiger partial charge in [-0.15, -0.1) is 0 Å². The van der Waals surface area contributed by atoms with Crippen LogP contribution in [0, 0.1) is 17.8 Å². The molecular weight excluding hydrogens is 356 g/mol. The summed E-state index contributed by atoms with van der Waals surface area (Å²) in [6.07, 6.45) is 0.981. The Morgan fingerprint density at radius 1 is 1.22 bits per heavy atom. The maximum atomic E-state index is 12.2. The molecule has 1 saturated carbocycles. The number of hydrogen-bond acceptors (Lipinski definition) is 8. The fourth-order valence-electron chi connectivity index (χ4n) is 4.01. The molecule has 3 rings (SSSR count). The van der Waals surface area contributed by atoms with Crippen LogP contribution in [-0.4, -0.2) is 49.1 Å². The van der Waals surface area contributed by atoms with E-state index in [1.54, 1.807) is 0 Å². The largest absolute Gasteiger partial charge is 0.462 e. The fourth-order valence-corrected chi connectivity index (χ4v) is 4.01. The molecule has 0 bridgehead atoms. The molecule has 2 heterocycles. The molecule has 1 saturated heterocycles. The summed E-state index contributed by atoms with van der Waals surface area (Å²) in [5, 5.41) is 0. The average Bonchev–Trinajstić information content (AvgIpc) is 3.26. The van der Waals surface area contributed by atoms with Gasteiger partial charge in [0.2, 0.25) is 6.29 Å². The topological polar surface area (TPSA) is 101 Å². The first-order chi connectivity index (χ1) is 12.7. The Morgan fingerprint density at radius 3 is 2.48 bits per heavy atom. The molecule has 3 aliphatic rings. The number of esters is 3. The Kier molecular flexibility index (Phi) is 5.46. The number of epoxide rings is 1. The number of carbonyl (C=O) groups excluding carboxylic acids is 3. The third-order valence-corrected chi connectivity index (χ3v) is 5.18. The molecule has 1 aliphatic carbocycles. The molecule has 0 amide bonds. The van der Waals surface area contributed by atoms with Gasteiger partial charge in [0.25, 0.3) is 0 Å². The SMILES string of the molecule is CC(=O)OCC1=CO[C@@H](OC(=O)CC(C)C)[C@H]2[C@@H]1C[C@H](OC(C)=O)[C@]21CO1. The minimum Gasteiger partial charge on any atom is -0.462 e. The van der Waals surface area contributed by atoms with E-state index < -0.39 is 29.9 Å². The summed E-state index contributed by atoms with van der Waals surface area (Å²) in [5.41, 5.74) is 0.0327. The molecule has 8 nitrogen and oxygen atoms in total. The smallest absolute Gasteiger partial charge is 0.309 e. The highest BCUT2D eigenvalue weighted by Crippen LogP contribution is 2.57. The summed E-state index contributed by atoms with van der Waals surface area (Å²) in [4.78, 5) is 34.9. The summed E-state index contributed by atoms with van der Waals surface area (Å²) >= 11 is 0. The van der Waals surface area contributed by atoms with Gasteiger partial charge >= 0.3 is 17.9 Å². The second-order valence-electron chi connectivity index (χ2n) is 7.78. The van der Waals surface area contributed by atoms with E-state index in [9.17, 15) is 14.4 Å². The van der Waals surface area contributed by atoms with Crippen molar-refractivity contribution in [1.29, 1.82) is 0 Å². The summed E-state index contributed by atoms with van der Waals surface area (Å²) in [5.74, 6) is -1.44. The van der Waals surface area contributed by atoms with Crippen molar-refractivity contribution in [3.8, 4) is 0 Å². The van der Waals surface area contributed by atoms with Crippen LogP contribution in [-0.2, 0) is 38.1 Å². The van der Waals surface area contributed by atoms with E-state index in [4.69, 9.17) is 23.7 Å². The van der Waals surface area contributed by atoms with Crippen LogP contribution in [0.3, 0.4) is 0 Å². The van der Waals surface area contributed by atoms with Crippen LogP contribution in [0.25, 0.3) is 0 Å². The lowest BCUT2D eigenvalue weighted by Gasteiger charge is -2.35. The van der Waals surface area contributed by atoms with Crippen molar-refractivity contribution in [2.24, 2.45) is 17.8 Å². The van der Waals surface area contributed by atoms with Gasteiger partial charge in [-0.3, -0.25) is 14.4 Å². The average molecular weight is 382 g/mol. The minimum atomic E-state index is -0.828. The van der Waals surface area contributed by atoms with Crippen molar-refractivity contribution in [3.63, 3.8) is 0 Å². The lowest BCUT2D eigenvalue weighted by Crippen LogP contribution is -2.45. The van der Waals surface area contributed by atoms with Gasteiger partial charge < -0.3 is 23.7 Å². The van der Waals surface area contributed by atoms with E-state index in [1.165, 1.54) is 20.1 Å². The zero-order valence-corrected chi connectivity index (χ0v) is 16.1. The van der Waals surface area contributed by atoms with Gasteiger partial charge in [-0.1, -0.05) is 13.8 Å². The molecule has 27 heavy (non-hydrogen) atoms. The predicted molar refractivity (Wildman–Crippen MR) is 91.0 cm³/mol. The Labute approximate surface area is 158 Å². The summed E-state index contributed by atoms with van der Waals surface area (Å²) < 4.78 is 27.6. The quantitative estimate of drug-likeness (QED) is 0.389. The van der Waals surface area contributed by atoms with Crippen molar-refractivity contribution in [2.75, 3.05) is 13.2 Å². The Hall–Kier alpha value is -2.09. The molecule has 0 radical (unpaired) electrons. The Morgan fingerprint density at radius 2 is 1.93 bits per heavy atom. The van der Waals surface area contributed by atoms with Crippen molar-refractivity contribution in [1.82, 2.24) is 0 Å². The minimum absolute atomic E-state index is 0.0754. The van der Waals surface area contributed by atoms with Crippen molar-refractivity contribution < 1.29 is 38.1 Å². The lowest BCUT2D eigenvalue weighted by atomic mass is 9.83. The molecule has 0 unspecified atom stereocenters. The zero-order valence-electron chi connectivity index (χ0n) is 16.1. The molecule has 5 atom stereocenters. The van der Waals surface area contributed by atoms with Crippen molar-refractivity contribution in [3.05, 3.63) is 11.8 Å². The van der Waals surface area contributed by atoms with E-state index in [0.717, 1.165) is 5.57 Å². The van der Waals surface area contributed by atoms with Crippen LogP contribution in [0.1, 0.15) is 40.5 Å². The van der Waals surface area contributed by atoms with Crippen LogP contribution in [0.15, 0.2) is 11.8 Å². The third kappa shape index (κ3) is 4.10. The van der Waals surface area contributed by atoms with E-state index >= 15 is 0 Å². The second-order valence-corrected chi connectivity index (χ2v) is 7.78. The molecule has 2 fully saturated rings. The molecule has 150 valence electrons. The summed E-state index contributed by atoms with van der Waals surface area (Å²) in [6.45, 7) is 7.02. The van der Waals surface area contributed by atoms with E-state index in [-0.39, 0.29) is 36.8 Å². The Balaban J connectivity index is 1.82. The van der Waals surface area contributed by atoms with Gasteiger partial charge in [-0.25, -0.2) is 0 Å². The highest BCUT2D eigenvalue weighted by atomic mass is 16.7. The molecule has 1 spiro atoms. The first kappa shape index (κ1) is 19.7. The van der Waals surface area contributed by atoms with Crippen LogP contribution < -0.4 is 0 Å². The van der Waals surface area contributed by atoms with E-state index in [1.807, 2.05) is 13.8 Å². The highest BCUT2D eigenvalue weighted by Gasteiger charge is 2.70. The first-order valence-electron chi connectivity index (χ1n) is 9.21. The van der Waals surface area contributed by atoms with Gasteiger partial charge in [0.15, 0.2) is 0 Å². The molecule has 0 aromatic rings. The van der Waals surface area contributed by atoms with Gasteiger partial charge in [-0.05, 0) is 12.3 Å². The first-order valence-corrected chi connectivity index (χ1v) is 9.21. The number of ether oxygens (including phenoxy) is 5. The van der Waals surface area contributed by atoms with Gasteiger partial charge in [-0.2, -0.15) is 0 Å².